The molecule has 9 nitrogen and oxygen atoms in total. The van der Waals surface area contributed by atoms with E-state index >= 15 is 0 Å². The summed E-state index contributed by atoms with van der Waals surface area (Å²) in [5, 5.41) is 16.5. The van der Waals surface area contributed by atoms with Gasteiger partial charge >= 0.3 is 5.97 Å². The first kappa shape index (κ1) is 23.6. The van der Waals surface area contributed by atoms with Crippen molar-refractivity contribution in [1.82, 2.24) is 0 Å². The van der Waals surface area contributed by atoms with Crippen LogP contribution < -0.4 is 10.6 Å². The van der Waals surface area contributed by atoms with Gasteiger partial charge in [-0.25, -0.2) is 4.79 Å². The molecule has 3 aromatic rings. The Bertz CT molecular complexity index is 1230. The van der Waals surface area contributed by atoms with Crippen molar-refractivity contribution in [2.45, 2.75) is 20.8 Å². The number of hydrogen-bond donors (Lipinski definition) is 2. The third-order valence-electron chi connectivity index (χ3n) is 4.69. The molecule has 0 spiro atoms. The summed E-state index contributed by atoms with van der Waals surface area (Å²) < 4.78 is 5.12. The topological polar surface area (TPSA) is 128 Å². The number of nitro groups is 1. The van der Waals surface area contributed by atoms with E-state index < -0.39 is 22.7 Å². The number of benzene rings is 2. The maximum Gasteiger partial charge on any atom is 0.341 e. The van der Waals surface area contributed by atoms with Gasteiger partial charge < -0.3 is 15.4 Å². The quantitative estimate of drug-likeness (QED) is 0.287. The van der Waals surface area contributed by atoms with Crippen LogP contribution in [0.25, 0.3) is 0 Å². The summed E-state index contributed by atoms with van der Waals surface area (Å²) in [7, 11) is 0. The molecular weight excluding hydrogens is 446 g/mol. The summed E-state index contributed by atoms with van der Waals surface area (Å²) in [5.41, 5.74) is 1.86. The highest BCUT2D eigenvalue weighted by Gasteiger charge is 2.27. The average molecular weight is 468 g/mol. The fraction of sp³-hybridized carbons (Fsp3) is 0.174. The van der Waals surface area contributed by atoms with Crippen LogP contribution in [0.15, 0.2) is 48.5 Å². The number of aryl methyl sites for hydroxylation is 1. The molecule has 0 radical (unpaired) electrons. The number of non-ortho nitro benzene ring substituents is 1. The molecule has 10 heteroatoms. The van der Waals surface area contributed by atoms with E-state index in [2.05, 4.69) is 10.6 Å². The predicted octanol–water partition coefficient (Wildman–Crippen LogP) is 4.95. The Labute approximate surface area is 193 Å². The van der Waals surface area contributed by atoms with Crippen molar-refractivity contribution in [1.29, 1.82) is 0 Å². The molecule has 0 fully saturated rings. The molecule has 1 aromatic heterocycles. The molecule has 2 amide bonds. The Hall–Kier alpha value is -4.05. The van der Waals surface area contributed by atoms with Gasteiger partial charge in [-0.3, -0.25) is 19.7 Å². The van der Waals surface area contributed by atoms with Crippen molar-refractivity contribution in [3.8, 4) is 0 Å². The van der Waals surface area contributed by atoms with E-state index in [1.54, 1.807) is 38.1 Å². The molecule has 0 unspecified atom stereocenters. The molecule has 3 rings (SSSR count). The summed E-state index contributed by atoms with van der Waals surface area (Å²) in [6.45, 7) is 5.25. The van der Waals surface area contributed by atoms with Crippen molar-refractivity contribution in [2.24, 2.45) is 0 Å². The first-order valence-electron chi connectivity index (χ1n) is 9.95. The van der Waals surface area contributed by atoms with E-state index in [0.29, 0.717) is 11.1 Å². The molecule has 170 valence electrons. The van der Waals surface area contributed by atoms with Crippen molar-refractivity contribution >= 4 is 45.5 Å². The molecule has 0 aliphatic carbocycles. The number of thiophene rings is 1. The summed E-state index contributed by atoms with van der Waals surface area (Å²) in [5.74, 6) is -1.67. The van der Waals surface area contributed by atoms with E-state index in [4.69, 9.17) is 4.74 Å². The average Bonchev–Trinajstić information content (AvgIpc) is 3.10. The van der Waals surface area contributed by atoms with Crippen LogP contribution in [0.4, 0.5) is 16.4 Å². The zero-order chi connectivity index (χ0) is 24.1. The predicted molar refractivity (Wildman–Crippen MR) is 125 cm³/mol. The van der Waals surface area contributed by atoms with Crippen LogP contribution in [0, 0.1) is 24.0 Å². The Balaban J connectivity index is 1.93. The largest absolute Gasteiger partial charge is 0.462 e. The van der Waals surface area contributed by atoms with Crippen molar-refractivity contribution in [2.75, 3.05) is 17.2 Å². The number of ether oxygens (including phenoxy) is 1. The molecular formula is C23H21N3O6S. The third kappa shape index (κ3) is 5.42. The van der Waals surface area contributed by atoms with Crippen LogP contribution in [0.1, 0.15) is 48.4 Å². The monoisotopic (exact) mass is 467 g/mol. The van der Waals surface area contributed by atoms with Crippen molar-refractivity contribution < 1.29 is 24.0 Å². The second-order valence-corrected chi connectivity index (χ2v) is 8.08. The zero-order valence-corrected chi connectivity index (χ0v) is 18.9. The summed E-state index contributed by atoms with van der Waals surface area (Å²) in [6, 6.07) is 12.4. The number of carbonyl (C=O) groups is 3. The van der Waals surface area contributed by atoms with Gasteiger partial charge in [0.2, 0.25) is 0 Å². The Morgan fingerprint density at radius 1 is 1.03 bits per heavy atom. The molecule has 0 bridgehead atoms. The van der Waals surface area contributed by atoms with Crippen LogP contribution in [0.2, 0.25) is 0 Å². The first-order valence-corrected chi connectivity index (χ1v) is 10.8. The number of esters is 1. The summed E-state index contributed by atoms with van der Waals surface area (Å²) in [4.78, 5) is 48.8. The van der Waals surface area contributed by atoms with Gasteiger partial charge in [0.1, 0.15) is 5.00 Å². The van der Waals surface area contributed by atoms with Crippen LogP contribution in [0.5, 0.6) is 0 Å². The van der Waals surface area contributed by atoms with E-state index in [1.165, 1.54) is 24.3 Å². The molecule has 0 saturated carbocycles. The number of nitrogens with zero attached hydrogens (tertiary/aromatic N) is 1. The molecule has 0 aliphatic rings. The highest BCUT2D eigenvalue weighted by molar-refractivity contribution is 7.19. The van der Waals surface area contributed by atoms with Crippen molar-refractivity contribution in [3.63, 3.8) is 0 Å². The van der Waals surface area contributed by atoms with Gasteiger partial charge in [0, 0.05) is 23.4 Å². The maximum absolute atomic E-state index is 12.9. The lowest BCUT2D eigenvalue weighted by Gasteiger charge is -2.07. The SMILES string of the molecule is CCOC(=O)c1c(NC(=O)c2ccc(C)cc2)sc(C(=O)Nc2cccc([N+](=O)[O-])c2)c1C. The minimum absolute atomic E-state index is 0.0894. The lowest BCUT2D eigenvalue weighted by Crippen LogP contribution is -2.15. The number of hydrogen-bond acceptors (Lipinski definition) is 7. The highest BCUT2D eigenvalue weighted by Crippen LogP contribution is 2.35. The second kappa shape index (κ2) is 10.0. The van der Waals surface area contributed by atoms with E-state index in [0.717, 1.165) is 16.9 Å². The highest BCUT2D eigenvalue weighted by atomic mass is 32.1. The minimum atomic E-state index is -0.667. The molecule has 1 heterocycles. The number of anilines is 2. The first-order chi connectivity index (χ1) is 15.7. The Kier molecular flexibility index (Phi) is 7.19. The fourth-order valence-corrected chi connectivity index (χ4v) is 4.12. The van der Waals surface area contributed by atoms with Crippen LogP contribution in [-0.4, -0.2) is 29.3 Å². The van der Waals surface area contributed by atoms with Gasteiger partial charge in [-0.15, -0.1) is 11.3 Å². The normalized spacial score (nSPS) is 10.4. The second-order valence-electron chi connectivity index (χ2n) is 7.06. The molecule has 33 heavy (non-hydrogen) atoms. The standard InChI is InChI=1S/C23H21N3O6S/c1-4-32-23(29)18-14(3)19(21(28)24-16-6-5-7-17(12-16)26(30)31)33-22(18)25-20(27)15-10-8-13(2)9-11-15/h5-12H,4H2,1-3H3,(H,24,28)(H,25,27). The zero-order valence-electron chi connectivity index (χ0n) is 18.1. The van der Waals surface area contributed by atoms with Crippen LogP contribution in [-0.2, 0) is 4.74 Å². The van der Waals surface area contributed by atoms with Gasteiger partial charge in [-0.05, 0) is 44.5 Å². The molecule has 0 saturated heterocycles. The number of carbonyl (C=O) groups excluding carboxylic acids is 3. The number of rotatable bonds is 7. The van der Waals surface area contributed by atoms with E-state index in [9.17, 15) is 24.5 Å². The summed E-state index contributed by atoms with van der Waals surface area (Å²) in [6.07, 6.45) is 0. The number of nitro benzene ring substituents is 1. The lowest BCUT2D eigenvalue weighted by molar-refractivity contribution is -0.384. The summed E-state index contributed by atoms with van der Waals surface area (Å²) >= 11 is 0.926. The van der Waals surface area contributed by atoms with E-state index in [-0.39, 0.29) is 33.4 Å². The van der Waals surface area contributed by atoms with Gasteiger partial charge in [0.15, 0.2) is 0 Å². The Morgan fingerprint density at radius 3 is 2.36 bits per heavy atom. The molecule has 0 atom stereocenters. The van der Waals surface area contributed by atoms with Crippen LogP contribution >= 0.6 is 11.3 Å². The molecule has 2 aromatic carbocycles. The maximum atomic E-state index is 12.9. The third-order valence-corrected chi connectivity index (χ3v) is 5.89. The van der Waals surface area contributed by atoms with Gasteiger partial charge in [0.25, 0.3) is 17.5 Å². The number of amides is 2. The fourth-order valence-electron chi connectivity index (χ4n) is 3.03. The number of nitrogens with one attached hydrogen (secondary N) is 2. The van der Waals surface area contributed by atoms with Gasteiger partial charge in [-0.1, -0.05) is 23.8 Å². The van der Waals surface area contributed by atoms with Crippen molar-refractivity contribution in [3.05, 3.63) is 85.8 Å². The molecule has 2 N–H and O–H groups in total. The lowest BCUT2D eigenvalue weighted by atomic mass is 10.1. The van der Waals surface area contributed by atoms with Gasteiger partial charge in [0.05, 0.1) is 22.0 Å². The van der Waals surface area contributed by atoms with Crippen LogP contribution in [0.3, 0.4) is 0 Å². The Morgan fingerprint density at radius 2 is 1.73 bits per heavy atom. The minimum Gasteiger partial charge on any atom is -0.462 e. The van der Waals surface area contributed by atoms with Gasteiger partial charge in [-0.2, -0.15) is 0 Å². The van der Waals surface area contributed by atoms with E-state index in [1.807, 2.05) is 6.92 Å². The smallest absolute Gasteiger partial charge is 0.341 e. The molecule has 0 aliphatic heterocycles.